The molecule has 0 aliphatic carbocycles. The van der Waals surface area contributed by atoms with Crippen molar-refractivity contribution >= 4 is 28.3 Å². The van der Waals surface area contributed by atoms with Crippen LogP contribution < -0.4 is 20.1 Å². The van der Waals surface area contributed by atoms with Crippen molar-refractivity contribution in [2.75, 3.05) is 26.1 Å². The van der Waals surface area contributed by atoms with Crippen molar-refractivity contribution in [2.24, 2.45) is 0 Å². The summed E-state index contributed by atoms with van der Waals surface area (Å²) in [4.78, 5) is 28.5. The zero-order valence-corrected chi connectivity index (χ0v) is 17.5. The molecule has 2 aromatic carbocycles. The molecule has 0 aliphatic heterocycles. The van der Waals surface area contributed by atoms with E-state index >= 15 is 0 Å². The minimum absolute atomic E-state index is 0.0602. The molecule has 0 bridgehead atoms. The van der Waals surface area contributed by atoms with E-state index < -0.39 is 23.4 Å². The normalized spacial score (nSPS) is 10.5. The third-order valence-electron chi connectivity index (χ3n) is 4.29. The van der Waals surface area contributed by atoms with Gasteiger partial charge in [-0.05, 0) is 42.3 Å². The van der Waals surface area contributed by atoms with Crippen molar-refractivity contribution in [3.8, 4) is 11.5 Å². The predicted octanol–water partition coefficient (Wildman–Crippen LogP) is 3.66. The molecule has 0 radical (unpaired) electrons. The molecule has 0 spiro atoms. The molecular weight excluding hydrogens is 428 g/mol. The maximum absolute atomic E-state index is 13.3. The Bertz CT molecular complexity index is 1100. The van der Waals surface area contributed by atoms with E-state index in [4.69, 9.17) is 9.47 Å². The Morgan fingerprint density at radius 1 is 1.00 bits per heavy atom. The predicted molar refractivity (Wildman–Crippen MR) is 112 cm³/mol. The summed E-state index contributed by atoms with van der Waals surface area (Å²) in [6.07, 6.45) is 0.565. The van der Waals surface area contributed by atoms with Crippen LogP contribution in [-0.4, -0.2) is 37.6 Å². The summed E-state index contributed by atoms with van der Waals surface area (Å²) >= 11 is 1.04. The number of thiazole rings is 1. The van der Waals surface area contributed by atoms with Crippen molar-refractivity contribution in [1.82, 2.24) is 10.3 Å². The van der Waals surface area contributed by atoms with Crippen LogP contribution in [0.15, 0.2) is 41.8 Å². The number of benzene rings is 2. The van der Waals surface area contributed by atoms with Gasteiger partial charge in [0.25, 0.3) is 11.8 Å². The standard InChI is InChI=1S/C21H19F2N3O4S/c1-29-17-6-3-12(9-18(17)30-2)7-8-24-20(28)16-11-31-21(25-16)26-19(27)13-4-5-14(22)15(23)10-13/h3-6,9-11H,7-8H2,1-2H3,(H,24,28)(H,25,26,27). The SMILES string of the molecule is COc1ccc(CCNC(=O)c2csc(NC(=O)c3ccc(F)c(F)c3)n2)cc1OC. The van der Waals surface area contributed by atoms with Gasteiger partial charge in [0.2, 0.25) is 0 Å². The van der Waals surface area contributed by atoms with E-state index in [1.54, 1.807) is 20.3 Å². The summed E-state index contributed by atoms with van der Waals surface area (Å²) < 4.78 is 36.7. The van der Waals surface area contributed by atoms with Gasteiger partial charge in [-0.3, -0.25) is 14.9 Å². The topological polar surface area (TPSA) is 89.6 Å². The van der Waals surface area contributed by atoms with Gasteiger partial charge in [0.1, 0.15) is 5.69 Å². The average Bonchev–Trinajstić information content (AvgIpc) is 3.24. The van der Waals surface area contributed by atoms with Crippen LogP contribution in [0.2, 0.25) is 0 Å². The molecular formula is C21H19F2N3O4S. The maximum atomic E-state index is 13.3. The summed E-state index contributed by atoms with van der Waals surface area (Å²) in [5.74, 6) is -2.00. The number of nitrogens with zero attached hydrogens (tertiary/aromatic N) is 1. The number of rotatable bonds is 8. The Kier molecular flexibility index (Phi) is 7.14. The molecule has 1 aromatic heterocycles. The molecule has 0 saturated heterocycles. The van der Waals surface area contributed by atoms with Crippen molar-refractivity contribution in [1.29, 1.82) is 0 Å². The summed E-state index contributed by atoms with van der Waals surface area (Å²) in [5, 5.41) is 6.87. The second-order valence-corrected chi connectivity index (χ2v) is 7.17. The van der Waals surface area contributed by atoms with Crippen LogP contribution in [0.3, 0.4) is 0 Å². The maximum Gasteiger partial charge on any atom is 0.270 e. The van der Waals surface area contributed by atoms with Crippen LogP contribution in [0.1, 0.15) is 26.4 Å². The van der Waals surface area contributed by atoms with Gasteiger partial charge in [0, 0.05) is 17.5 Å². The summed E-state index contributed by atoms with van der Waals surface area (Å²) in [6, 6.07) is 8.31. The van der Waals surface area contributed by atoms with E-state index in [0.717, 1.165) is 35.1 Å². The fraction of sp³-hybridized carbons (Fsp3) is 0.190. The minimum atomic E-state index is -1.12. The molecule has 1 heterocycles. The fourth-order valence-corrected chi connectivity index (χ4v) is 3.37. The molecule has 3 rings (SSSR count). The minimum Gasteiger partial charge on any atom is -0.493 e. The monoisotopic (exact) mass is 447 g/mol. The number of carbonyl (C=O) groups is 2. The molecule has 0 fully saturated rings. The van der Waals surface area contributed by atoms with Crippen LogP contribution in [0.25, 0.3) is 0 Å². The van der Waals surface area contributed by atoms with Crippen molar-refractivity contribution in [2.45, 2.75) is 6.42 Å². The molecule has 3 aromatic rings. The summed E-state index contributed by atoms with van der Waals surface area (Å²) in [7, 11) is 3.11. The van der Waals surface area contributed by atoms with Crippen LogP contribution in [-0.2, 0) is 6.42 Å². The number of anilines is 1. The van der Waals surface area contributed by atoms with Crippen molar-refractivity contribution in [3.05, 3.63) is 70.2 Å². The highest BCUT2D eigenvalue weighted by molar-refractivity contribution is 7.14. The molecule has 0 aliphatic rings. The lowest BCUT2D eigenvalue weighted by Crippen LogP contribution is -2.26. The Morgan fingerprint density at radius 2 is 1.77 bits per heavy atom. The van der Waals surface area contributed by atoms with Gasteiger partial charge in [0.05, 0.1) is 14.2 Å². The highest BCUT2D eigenvalue weighted by atomic mass is 32.1. The van der Waals surface area contributed by atoms with Gasteiger partial charge < -0.3 is 14.8 Å². The number of hydrogen-bond acceptors (Lipinski definition) is 6. The van der Waals surface area contributed by atoms with Gasteiger partial charge in [0.15, 0.2) is 28.3 Å². The molecule has 0 saturated carbocycles. The van der Waals surface area contributed by atoms with E-state index in [9.17, 15) is 18.4 Å². The van der Waals surface area contributed by atoms with Crippen LogP contribution in [0.4, 0.5) is 13.9 Å². The second-order valence-electron chi connectivity index (χ2n) is 6.32. The Hall–Kier alpha value is -3.53. The van der Waals surface area contributed by atoms with Gasteiger partial charge in [-0.2, -0.15) is 0 Å². The molecule has 10 heteroatoms. The van der Waals surface area contributed by atoms with Gasteiger partial charge in [-0.15, -0.1) is 11.3 Å². The highest BCUT2D eigenvalue weighted by Gasteiger charge is 2.15. The number of halogens is 2. The van der Waals surface area contributed by atoms with E-state index in [1.165, 1.54) is 5.38 Å². The van der Waals surface area contributed by atoms with Crippen LogP contribution >= 0.6 is 11.3 Å². The quantitative estimate of drug-likeness (QED) is 0.550. The number of hydrogen-bond donors (Lipinski definition) is 2. The van der Waals surface area contributed by atoms with Crippen LogP contribution in [0.5, 0.6) is 11.5 Å². The molecule has 0 atom stereocenters. The molecule has 0 unspecified atom stereocenters. The van der Waals surface area contributed by atoms with Gasteiger partial charge in [-0.1, -0.05) is 6.07 Å². The average molecular weight is 447 g/mol. The van der Waals surface area contributed by atoms with Crippen molar-refractivity contribution < 1.29 is 27.8 Å². The number of amides is 2. The van der Waals surface area contributed by atoms with E-state index in [0.29, 0.717) is 24.5 Å². The number of ether oxygens (including phenoxy) is 2. The van der Waals surface area contributed by atoms with Crippen molar-refractivity contribution in [3.63, 3.8) is 0 Å². The lowest BCUT2D eigenvalue weighted by Gasteiger charge is -2.09. The largest absolute Gasteiger partial charge is 0.493 e. The zero-order valence-electron chi connectivity index (χ0n) is 16.7. The second kappa shape index (κ2) is 9.98. The first-order valence-corrected chi connectivity index (χ1v) is 10.00. The number of methoxy groups -OCH3 is 2. The van der Waals surface area contributed by atoms with Gasteiger partial charge >= 0.3 is 0 Å². The first-order chi connectivity index (χ1) is 14.9. The number of carbonyl (C=O) groups excluding carboxylic acids is 2. The first-order valence-electron chi connectivity index (χ1n) is 9.12. The first kappa shape index (κ1) is 22.2. The lowest BCUT2D eigenvalue weighted by atomic mass is 10.1. The third-order valence-corrected chi connectivity index (χ3v) is 5.04. The third kappa shape index (κ3) is 5.54. The Labute approximate surface area is 181 Å². The Morgan fingerprint density at radius 3 is 2.48 bits per heavy atom. The smallest absolute Gasteiger partial charge is 0.270 e. The molecule has 7 nitrogen and oxygen atoms in total. The van der Waals surface area contributed by atoms with Gasteiger partial charge in [-0.25, -0.2) is 13.8 Å². The molecule has 31 heavy (non-hydrogen) atoms. The summed E-state index contributed by atoms with van der Waals surface area (Å²) in [5.41, 5.74) is 1.03. The number of aromatic nitrogens is 1. The molecule has 2 amide bonds. The highest BCUT2D eigenvalue weighted by Crippen LogP contribution is 2.27. The van der Waals surface area contributed by atoms with E-state index in [2.05, 4.69) is 15.6 Å². The molecule has 2 N–H and O–H groups in total. The summed E-state index contributed by atoms with van der Waals surface area (Å²) in [6.45, 7) is 0.363. The van der Waals surface area contributed by atoms with E-state index in [-0.39, 0.29) is 16.4 Å². The number of nitrogens with one attached hydrogen (secondary N) is 2. The van der Waals surface area contributed by atoms with E-state index in [1.807, 2.05) is 12.1 Å². The lowest BCUT2D eigenvalue weighted by molar-refractivity contribution is 0.0948. The Balaban J connectivity index is 1.54. The zero-order chi connectivity index (χ0) is 22.4. The molecule has 162 valence electrons. The van der Waals surface area contributed by atoms with Crippen LogP contribution in [0, 0.1) is 11.6 Å². The fourth-order valence-electron chi connectivity index (χ4n) is 2.69.